The van der Waals surface area contributed by atoms with E-state index in [1.54, 1.807) is 0 Å². The fraction of sp³-hybridized carbons (Fsp3) is 0.750. The van der Waals surface area contributed by atoms with Gasteiger partial charge in [-0.05, 0) is 52.3 Å². The Morgan fingerprint density at radius 2 is 2.27 bits per heavy atom. The first kappa shape index (κ1) is 12.2. The van der Waals surface area contributed by atoms with Gasteiger partial charge in [0, 0.05) is 12.2 Å². The standard InChI is InChI=1S/C12H23N3/c1-4-11(2)15-10-8-12(14-15)7-5-6-9-13-3/h8,10-11,13H,4-7,9H2,1-3H3. The Morgan fingerprint density at radius 1 is 1.47 bits per heavy atom. The Balaban J connectivity index is 2.33. The molecule has 0 aliphatic carbocycles. The predicted octanol–water partition coefficient (Wildman–Crippen LogP) is 2.40. The second-order valence-corrected chi connectivity index (χ2v) is 4.11. The molecule has 1 heterocycles. The van der Waals surface area contributed by atoms with Crippen LogP contribution in [-0.4, -0.2) is 23.4 Å². The molecule has 0 saturated heterocycles. The minimum atomic E-state index is 0.524. The number of unbranched alkanes of at least 4 members (excludes halogenated alkanes) is 1. The molecule has 3 heteroatoms. The van der Waals surface area contributed by atoms with Crippen LogP contribution in [0.5, 0.6) is 0 Å². The van der Waals surface area contributed by atoms with Gasteiger partial charge >= 0.3 is 0 Å². The van der Waals surface area contributed by atoms with E-state index >= 15 is 0 Å². The predicted molar refractivity (Wildman–Crippen MR) is 64.1 cm³/mol. The Labute approximate surface area is 92.9 Å². The van der Waals surface area contributed by atoms with Crippen molar-refractivity contribution in [2.75, 3.05) is 13.6 Å². The van der Waals surface area contributed by atoms with Gasteiger partial charge in [0.05, 0.1) is 5.69 Å². The maximum Gasteiger partial charge on any atom is 0.0624 e. The number of hydrogen-bond acceptors (Lipinski definition) is 2. The van der Waals surface area contributed by atoms with E-state index in [-0.39, 0.29) is 0 Å². The fourth-order valence-electron chi connectivity index (χ4n) is 1.55. The summed E-state index contributed by atoms with van der Waals surface area (Å²) in [4.78, 5) is 0. The van der Waals surface area contributed by atoms with Crippen LogP contribution in [0.25, 0.3) is 0 Å². The first-order chi connectivity index (χ1) is 7.27. The summed E-state index contributed by atoms with van der Waals surface area (Å²) in [6.07, 6.45) is 6.79. The van der Waals surface area contributed by atoms with Crippen LogP contribution < -0.4 is 5.32 Å². The first-order valence-corrected chi connectivity index (χ1v) is 5.96. The number of aryl methyl sites for hydroxylation is 1. The zero-order chi connectivity index (χ0) is 11.1. The van der Waals surface area contributed by atoms with Crippen molar-refractivity contribution in [1.29, 1.82) is 0 Å². The minimum absolute atomic E-state index is 0.524. The molecule has 0 radical (unpaired) electrons. The molecule has 1 atom stereocenters. The molecule has 1 rings (SSSR count). The van der Waals surface area contributed by atoms with Gasteiger partial charge in [-0.1, -0.05) is 6.92 Å². The number of nitrogens with one attached hydrogen (secondary N) is 1. The average molecular weight is 209 g/mol. The molecule has 3 nitrogen and oxygen atoms in total. The van der Waals surface area contributed by atoms with Crippen molar-refractivity contribution >= 4 is 0 Å². The molecule has 0 amide bonds. The number of aromatic nitrogens is 2. The van der Waals surface area contributed by atoms with Crippen LogP contribution in [0.2, 0.25) is 0 Å². The lowest BCUT2D eigenvalue weighted by molar-refractivity contribution is 0.472. The SMILES string of the molecule is CCC(C)n1ccc(CCCCNC)n1. The molecule has 1 aromatic heterocycles. The lowest BCUT2D eigenvalue weighted by Crippen LogP contribution is -2.08. The van der Waals surface area contributed by atoms with Gasteiger partial charge in [-0.3, -0.25) is 4.68 Å². The van der Waals surface area contributed by atoms with Crippen LogP contribution >= 0.6 is 0 Å². The van der Waals surface area contributed by atoms with Gasteiger partial charge in [0.25, 0.3) is 0 Å². The smallest absolute Gasteiger partial charge is 0.0624 e. The van der Waals surface area contributed by atoms with E-state index in [0.717, 1.165) is 19.4 Å². The van der Waals surface area contributed by atoms with Crippen molar-refractivity contribution in [3.63, 3.8) is 0 Å². The van der Waals surface area contributed by atoms with Crippen LogP contribution in [0.3, 0.4) is 0 Å². The summed E-state index contributed by atoms with van der Waals surface area (Å²) >= 11 is 0. The Hall–Kier alpha value is -0.830. The van der Waals surface area contributed by atoms with Gasteiger partial charge < -0.3 is 5.32 Å². The second kappa shape index (κ2) is 6.62. The Kier molecular flexibility index (Phi) is 5.40. The fourth-order valence-corrected chi connectivity index (χ4v) is 1.55. The molecule has 0 bridgehead atoms. The Bertz CT molecular complexity index is 268. The van der Waals surface area contributed by atoms with Gasteiger partial charge in [0.1, 0.15) is 0 Å². The van der Waals surface area contributed by atoms with E-state index in [1.807, 2.05) is 7.05 Å². The maximum absolute atomic E-state index is 4.57. The summed E-state index contributed by atoms with van der Waals surface area (Å²) < 4.78 is 2.08. The molecule has 0 spiro atoms. The van der Waals surface area contributed by atoms with Crippen molar-refractivity contribution < 1.29 is 0 Å². The number of rotatable bonds is 7. The molecule has 1 aromatic rings. The zero-order valence-corrected chi connectivity index (χ0v) is 10.2. The van der Waals surface area contributed by atoms with Crippen molar-refractivity contribution in [3.8, 4) is 0 Å². The van der Waals surface area contributed by atoms with Crippen LogP contribution in [0.15, 0.2) is 12.3 Å². The van der Waals surface area contributed by atoms with Gasteiger partial charge in [-0.15, -0.1) is 0 Å². The highest BCUT2D eigenvalue weighted by atomic mass is 15.3. The Morgan fingerprint density at radius 3 is 2.93 bits per heavy atom. The molecule has 0 aliphatic heterocycles. The quantitative estimate of drug-likeness (QED) is 0.699. The van der Waals surface area contributed by atoms with Crippen molar-refractivity contribution in [2.45, 2.75) is 45.6 Å². The zero-order valence-electron chi connectivity index (χ0n) is 10.2. The third kappa shape index (κ3) is 4.04. The van der Waals surface area contributed by atoms with Crippen molar-refractivity contribution in [2.24, 2.45) is 0 Å². The van der Waals surface area contributed by atoms with E-state index in [2.05, 4.69) is 41.2 Å². The largest absolute Gasteiger partial charge is 0.320 e. The van der Waals surface area contributed by atoms with Crippen LogP contribution in [0, 0.1) is 0 Å². The molecular weight excluding hydrogens is 186 g/mol. The highest BCUT2D eigenvalue weighted by Crippen LogP contribution is 2.10. The third-order valence-corrected chi connectivity index (χ3v) is 2.82. The first-order valence-electron chi connectivity index (χ1n) is 5.96. The summed E-state index contributed by atoms with van der Waals surface area (Å²) in [5.74, 6) is 0. The van der Waals surface area contributed by atoms with E-state index in [4.69, 9.17) is 0 Å². The molecule has 0 aromatic carbocycles. The lowest BCUT2D eigenvalue weighted by atomic mass is 10.2. The molecule has 1 N–H and O–H groups in total. The lowest BCUT2D eigenvalue weighted by Gasteiger charge is -2.08. The highest BCUT2D eigenvalue weighted by Gasteiger charge is 2.03. The minimum Gasteiger partial charge on any atom is -0.320 e. The number of hydrogen-bond donors (Lipinski definition) is 1. The summed E-state index contributed by atoms with van der Waals surface area (Å²) in [7, 11) is 2.00. The van der Waals surface area contributed by atoms with Gasteiger partial charge in [-0.2, -0.15) is 5.10 Å². The molecule has 86 valence electrons. The van der Waals surface area contributed by atoms with Crippen molar-refractivity contribution in [3.05, 3.63) is 18.0 Å². The topological polar surface area (TPSA) is 29.9 Å². The van der Waals surface area contributed by atoms with Gasteiger partial charge in [-0.25, -0.2) is 0 Å². The van der Waals surface area contributed by atoms with Gasteiger partial charge in [0.15, 0.2) is 0 Å². The average Bonchev–Trinajstić information content (AvgIpc) is 2.72. The number of nitrogens with zero attached hydrogens (tertiary/aromatic N) is 2. The summed E-state index contributed by atoms with van der Waals surface area (Å²) in [5, 5.41) is 7.74. The molecular formula is C12H23N3. The molecule has 1 unspecified atom stereocenters. The van der Waals surface area contributed by atoms with Crippen LogP contribution in [0.4, 0.5) is 0 Å². The molecule has 15 heavy (non-hydrogen) atoms. The molecule has 0 fully saturated rings. The van der Waals surface area contributed by atoms with Crippen LogP contribution in [-0.2, 0) is 6.42 Å². The monoisotopic (exact) mass is 209 g/mol. The van der Waals surface area contributed by atoms with Crippen LogP contribution in [0.1, 0.15) is 44.8 Å². The van der Waals surface area contributed by atoms with E-state index in [1.165, 1.54) is 18.5 Å². The maximum atomic E-state index is 4.57. The summed E-state index contributed by atoms with van der Waals surface area (Å²) in [6, 6.07) is 2.67. The van der Waals surface area contributed by atoms with Gasteiger partial charge in [0.2, 0.25) is 0 Å². The van der Waals surface area contributed by atoms with E-state index < -0.39 is 0 Å². The normalized spacial score (nSPS) is 13.0. The highest BCUT2D eigenvalue weighted by molar-refractivity contribution is 4.99. The van der Waals surface area contributed by atoms with E-state index in [0.29, 0.717) is 6.04 Å². The summed E-state index contributed by atoms with van der Waals surface area (Å²) in [5.41, 5.74) is 1.23. The molecule has 0 aliphatic rings. The molecule has 0 saturated carbocycles. The van der Waals surface area contributed by atoms with E-state index in [9.17, 15) is 0 Å². The van der Waals surface area contributed by atoms with Crippen molar-refractivity contribution in [1.82, 2.24) is 15.1 Å². The third-order valence-electron chi connectivity index (χ3n) is 2.82. The summed E-state index contributed by atoms with van der Waals surface area (Å²) in [6.45, 7) is 5.50. The second-order valence-electron chi connectivity index (χ2n) is 4.11.